The molecule has 0 saturated heterocycles. The van der Waals surface area contributed by atoms with Crippen molar-refractivity contribution in [2.45, 2.75) is 13.8 Å². The molecule has 0 atom stereocenters. The first kappa shape index (κ1) is 12.5. The normalized spacial score (nSPS) is 10.7. The van der Waals surface area contributed by atoms with Crippen LogP contribution in [0.4, 0.5) is 5.69 Å². The van der Waals surface area contributed by atoms with Gasteiger partial charge in [-0.2, -0.15) is 0 Å². The van der Waals surface area contributed by atoms with Crippen LogP contribution in [-0.2, 0) is 0 Å². The fraction of sp³-hybridized carbons (Fsp3) is 0.118. The quantitative estimate of drug-likeness (QED) is 0.705. The van der Waals surface area contributed by atoms with Crippen molar-refractivity contribution in [2.24, 2.45) is 0 Å². The number of fused-ring (bicyclic) bond motifs is 1. The molecule has 0 spiro atoms. The Balaban J connectivity index is 2.15. The van der Waals surface area contributed by atoms with Gasteiger partial charge in [0.1, 0.15) is 11.5 Å². The molecule has 1 aromatic heterocycles. The van der Waals surface area contributed by atoms with Crippen LogP contribution in [0.3, 0.4) is 0 Å². The molecule has 2 N–H and O–H groups in total. The van der Waals surface area contributed by atoms with Crippen LogP contribution >= 0.6 is 0 Å². The Kier molecular flexibility index (Phi) is 3.03. The van der Waals surface area contributed by atoms with E-state index in [9.17, 15) is 0 Å². The summed E-state index contributed by atoms with van der Waals surface area (Å²) >= 11 is 0. The molecule has 3 nitrogen and oxygen atoms in total. The fourth-order valence-corrected chi connectivity index (χ4v) is 2.21. The number of hydrogen-bond acceptors (Lipinski definition) is 3. The van der Waals surface area contributed by atoms with Gasteiger partial charge >= 0.3 is 0 Å². The lowest BCUT2D eigenvalue weighted by Crippen LogP contribution is -1.93. The van der Waals surface area contributed by atoms with Crippen molar-refractivity contribution in [1.82, 2.24) is 4.98 Å². The lowest BCUT2D eigenvalue weighted by molar-refractivity contribution is 0.483. The van der Waals surface area contributed by atoms with Crippen LogP contribution in [-0.4, -0.2) is 4.98 Å². The van der Waals surface area contributed by atoms with Gasteiger partial charge in [0, 0.05) is 22.8 Å². The maximum Gasteiger partial charge on any atom is 0.138 e. The lowest BCUT2D eigenvalue weighted by atomic mass is 10.1. The molecule has 0 bridgehead atoms. The fourth-order valence-electron chi connectivity index (χ4n) is 2.21. The van der Waals surface area contributed by atoms with Gasteiger partial charge in [-0.25, -0.2) is 0 Å². The van der Waals surface area contributed by atoms with E-state index in [0.29, 0.717) is 5.69 Å². The Morgan fingerprint density at radius 1 is 0.950 bits per heavy atom. The largest absolute Gasteiger partial charge is 0.456 e. The third-order valence-corrected chi connectivity index (χ3v) is 3.24. The number of ether oxygens (including phenoxy) is 1. The molecular formula is C17H16N2O. The summed E-state index contributed by atoms with van der Waals surface area (Å²) in [5.74, 6) is 1.64. The van der Waals surface area contributed by atoms with Gasteiger partial charge in [-0.1, -0.05) is 18.2 Å². The molecule has 0 aliphatic carbocycles. The van der Waals surface area contributed by atoms with Gasteiger partial charge in [0.2, 0.25) is 0 Å². The van der Waals surface area contributed by atoms with Gasteiger partial charge in [0.05, 0.1) is 5.52 Å². The average Bonchev–Trinajstić information content (AvgIpc) is 2.42. The van der Waals surface area contributed by atoms with Crippen molar-refractivity contribution in [3.8, 4) is 11.5 Å². The Bertz CT molecular complexity index is 781. The van der Waals surface area contributed by atoms with Gasteiger partial charge in [-0.3, -0.25) is 4.98 Å². The SMILES string of the molecule is Cc1cc(Oc2ccccc2C)c2cc(N)ccc2n1. The molecule has 0 fully saturated rings. The molecule has 0 radical (unpaired) electrons. The van der Waals surface area contributed by atoms with Crippen LogP contribution in [0, 0.1) is 13.8 Å². The molecular weight excluding hydrogens is 248 g/mol. The molecule has 3 aromatic rings. The average molecular weight is 264 g/mol. The number of anilines is 1. The van der Waals surface area contributed by atoms with Crippen molar-refractivity contribution < 1.29 is 4.74 Å². The van der Waals surface area contributed by atoms with Gasteiger partial charge < -0.3 is 10.5 Å². The molecule has 100 valence electrons. The van der Waals surface area contributed by atoms with Crippen molar-refractivity contribution in [2.75, 3.05) is 5.73 Å². The van der Waals surface area contributed by atoms with Crippen molar-refractivity contribution >= 4 is 16.6 Å². The Hall–Kier alpha value is -2.55. The molecule has 3 rings (SSSR count). The number of aromatic nitrogens is 1. The molecule has 1 heterocycles. The molecule has 0 saturated carbocycles. The monoisotopic (exact) mass is 264 g/mol. The number of rotatable bonds is 2. The van der Waals surface area contributed by atoms with Crippen LogP contribution in [0.5, 0.6) is 11.5 Å². The molecule has 0 amide bonds. The standard InChI is InChI=1S/C17H16N2O/c1-11-5-3-4-6-16(11)20-17-9-12(2)19-15-8-7-13(18)10-14(15)17/h3-10H,18H2,1-2H3. The van der Waals surface area contributed by atoms with Crippen molar-refractivity contribution in [3.05, 3.63) is 59.8 Å². The maximum atomic E-state index is 6.06. The van der Waals surface area contributed by atoms with Gasteiger partial charge in [0.15, 0.2) is 0 Å². The Labute approximate surface area is 118 Å². The predicted molar refractivity (Wildman–Crippen MR) is 82.1 cm³/mol. The van der Waals surface area contributed by atoms with E-state index < -0.39 is 0 Å². The Morgan fingerprint density at radius 2 is 1.75 bits per heavy atom. The summed E-state index contributed by atoms with van der Waals surface area (Å²) in [6, 6.07) is 15.6. The number of nitrogens with zero attached hydrogens (tertiary/aromatic N) is 1. The molecule has 0 aliphatic rings. The Morgan fingerprint density at radius 3 is 2.55 bits per heavy atom. The van der Waals surface area contributed by atoms with Crippen LogP contribution in [0.15, 0.2) is 48.5 Å². The van der Waals surface area contributed by atoms with Crippen LogP contribution in [0.25, 0.3) is 10.9 Å². The first-order valence-corrected chi connectivity index (χ1v) is 6.54. The number of hydrogen-bond donors (Lipinski definition) is 1. The molecule has 3 heteroatoms. The topological polar surface area (TPSA) is 48.1 Å². The summed E-state index contributed by atoms with van der Waals surface area (Å²) < 4.78 is 6.06. The summed E-state index contributed by atoms with van der Waals surface area (Å²) in [7, 11) is 0. The second-order valence-electron chi connectivity index (χ2n) is 4.91. The van der Waals surface area contributed by atoms with E-state index in [2.05, 4.69) is 4.98 Å². The summed E-state index contributed by atoms with van der Waals surface area (Å²) in [5.41, 5.74) is 9.49. The molecule has 20 heavy (non-hydrogen) atoms. The minimum absolute atomic E-state index is 0.706. The zero-order valence-corrected chi connectivity index (χ0v) is 11.6. The lowest BCUT2D eigenvalue weighted by Gasteiger charge is -2.12. The second kappa shape index (κ2) is 4.85. The second-order valence-corrected chi connectivity index (χ2v) is 4.91. The van der Waals surface area contributed by atoms with E-state index in [-0.39, 0.29) is 0 Å². The van der Waals surface area contributed by atoms with E-state index >= 15 is 0 Å². The summed E-state index contributed by atoms with van der Waals surface area (Å²) in [5, 5.41) is 0.929. The third-order valence-electron chi connectivity index (χ3n) is 3.24. The number of benzene rings is 2. The molecule has 2 aromatic carbocycles. The number of nitrogens with two attached hydrogens (primary N) is 1. The van der Waals surface area contributed by atoms with Gasteiger partial charge in [0.25, 0.3) is 0 Å². The van der Waals surface area contributed by atoms with Gasteiger partial charge in [-0.15, -0.1) is 0 Å². The maximum absolute atomic E-state index is 6.06. The first-order valence-electron chi connectivity index (χ1n) is 6.54. The minimum atomic E-state index is 0.706. The highest BCUT2D eigenvalue weighted by atomic mass is 16.5. The van der Waals surface area contributed by atoms with E-state index in [1.54, 1.807) is 0 Å². The zero-order chi connectivity index (χ0) is 14.1. The number of nitrogen functional groups attached to an aromatic ring is 1. The summed E-state index contributed by atoms with van der Waals surface area (Å²) in [6.45, 7) is 3.99. The number of pyridine rings is 1. The minimum Gasteiger partial charge on any atom is -0.456 e. The highest BCUT2D eigenvalue weighted by molar-refractivity contribution is 5.88. The highest BCUT2D eigenvalue weighted by Gasteiger charge is 2.08. The molecule has 0 unspecified atom stereocenters. The third kappa shape index (κ3) is 2.30. The van der Waals surface area contributed by atoms with E-state index in [0.717, 1.165) is 33.7 Å². The highest BCUT2D eigenvalue weighted by Crippen LogP contribution is 2.32. The van der Waals surface area contributed by atoms with Gasteiger partial charge in [-0.05, 0) is 43.7 Å². The van der Waals surface area contributed by atoms with Crippen LogP contribution in [0.2, 0.25) is 0 Å². The van der Waals surface area contributed by atoms with E-state index in [4.69, 9.17) is 10.5 Å². The zero-order valence-electron chi connectivity index (χ0n) is 11.6. The van der Waals surface area contributed by atoms with Crippen molar-refractivity contribution in [1.29, 1.82) is 0 Å². The smallest absolute Gasteiger partial charge is 0.138 e. The molecule has 0 aliphatic heterocycles. The first-order chi connectivity index (χ1) is 9.63. The number of aryl methyl sites for hydroxylation is 2. The summed E-state index contributed by atoms with van der Waals surface area (Å²) in [4.78, 5) is 4.51. The van der Waals surface area contributed by atoms with E-state index in [1.807, 2.05) is 62.4 Å². The number of para-hydroxylation sites is 1. The summed E-state index contributed by atoms with van der Waals surface area (Å²) in [6.07, 6.45) is 0. The van der Waals surface area contributed by atoms with Crippen molar-refractivity contribution in [3.63, 3.8) is 0 Å². The van der Waals surface area contributed by atoms with Crippen LogP contribution < -0.4 is 10.5 Å². The predicted octanol–water partition coefficient (Wildman–Crippen LogP) is 4.23. The van der Waals surface area contributed by atoms with Crippen LogP contribution in [0.1, 0.15) is 11.3 Å². The van der Waals surface area contributed by atoms with E-state index in [1.165, 1.54) is 0 Å².